The second kappa shape index (κ2) is 9.58. The van der Waals surface area contributed by atoms with Crippen LogP contribution in [0.2, 0.25) is 0 Å². The maximum absolute atomic E-state index is 5.19. The summed E-state index contributed by atoms with van der Waals surface area (Å²) >= 11 is 0. The van der Waals surface area contributed by atoms with Gasteiger partial charge in [0.2, 0.25) is 0 Å². The van der Waals surface area contributed by atoms with E-state index in [0.29, 0.717) is 0 Å². The van der Waals surface area contributed by atoms with E-state index >= 15 is 0 Å². The molecule has 0 spiro atoms. The normalized spacial score (nSPS) is 13.8. The summed E-state index contributed by atoms with van der Waals surface area (Å²) in [7, 11) is 0. The van der Waals surface area contributed by atoms with E-state index in [1.54, 1.807) is 0 Å². The lowest BCUT2D eigenvalue weighted by Gasteiger charge is -2.28. The third-order valence-electron chi connectivity index (χ3n) is 6.25. The van der Waals surface area contributed by atoms with Crippen molar-refractivity contribution >= 4 is 0 Å². The third-order valence-corrected chi connectivity index (χ3v) is 6.25. The Bertz CT molecular complexity index is 1200. The fourth-order valence-electron chi connectivity index (χ4n) is 4.31. The molecule has 0 amide bonds. The zero-order valence-electron chi connectivity index (χ0n) is 19.3. The van der Waals surface area contributed by atoms with Gasteiger partial charge in [-0.1, -0.05) is 64.9 Å². The number of aromatic nitrogens is 6. The average Bonchev–Trinajstić information content (AvgIpc) is 3.36. The number of fused-ring (bicyclic) bond motifs is 1. The number of tetrazole rings is 1. The van der Waals surface area contributed by atoms with Gasteiger partial charge in [-0.05, 0) is 33.2 Å². The maximum Gasteiger partial charge on any atom is 0.174 e. The second-order valence-corrected chi connectivity index (χ2v) is 8.86. The van der Waals surface area contributed by atoms with E-state index < -0.39 is 0 Å². The zero-order valence-corrected chi connectivity index (χ0v) is 19.3. The third kappa shape index (κ3) is 4.98. The zero-order chi connectivity index (χ0) is 22.6. The van der Waals surface area contributed by atoms with Crippen LogP contribution in [0.5, 0.6) is 0 Å². The predicted octanol–water partition coefficient (Wildman–Crippen LogP) is 4.32. The van der Waals surface area contributed by atoms with Crippen LogP contribution in [0.1, 0.15) is 41.2 Å². The number of hydrogen-bond donors (Lipinski definition) is 1. The van der Waals surface area contributed by atoms with Crippen molar-refractivity contribution in [2.45, 2.75) is 46.1 Å². The van der Waals surface area contributed by atoms with Gasteiger partial charge in [0, 0.05) is 37.1 Å². The molecule has 2 aromatic carbocycles. The van der Waals surface area contributed by atoms with E-state index in [0.717, 1.165) is 85.0 Å². The summed E-state index contributed by atoms with van der Waals surface area (Å²) < 4.78 is 0. The van der Waals surface area contributed by atoms with Crippen LogP contribution in [0.15, 0.2) is 48.5 Å². The number of aromatic amines is 1. The molecule has 1 aliphatic heterocycles. The smallest absolute Gasteiger partial charge is 0.174 e. The van der Waals surface area contributed by atoms with E-state index in [1.807, 2.05) is 0 Å². The Hall–Kier alpha value is -3.45. The fourth-order valence-corrected chi connectivity index (χ4v) is 4.31. The summed E-state index contributed by atoms with van der Waals surface area (Å²) in [6.07, 6.45) is 3.94. The van der Waals surface area contributed by atoms with Crippen LogP contribution in [0.25, 0.3) is 22.5 Å². The predicted molar refractivity (Wildman–Crippen MR) is 128 cm³/mol. The molecule has 0 saturated carbocycles. The minimum atomic E-state index is 0.788. The molecule has 2 aromatic heterocycles. The molecule has 7 nitrogen and oxygen atoms in total. The molecule has 0 aliphatic carbocycles. The number of H-pyrrole nitrogens is 1. The van der Waals surface area contributed by atoms with Gasteiger partial charge in [-0.2, -0.15) is 5.21 Å². The first kappa shape index (κ1) is 21.4. The van der Waals surface area contributed by atoms with Crippen molar-refractivity contribution in [3.63, 3.8) is 0 Å². The molecule has 5 rings (SSSR count). The largest absolute Gasteiger partial charge is 0.297 e. The standard InChI is InChI=1S/C26H29N7/c1-18-6-10-20(11-7-18)25-26(21-12-8-19(2)9-13-21)28-23-17-33(16-14-22(23)27-25)15-4-3-5-24-29-31-32-30-24/h6-13H,3-5,14-17H2,1-2H3,(H,29,30,31,32). The van der Waals surface area contributed by atoms with Crippen LogP contribution >= 0.6 is 0 Å². The van der Waals surface area contributed by atoms with Gasteiger partial charge in [-0.15, -0.1) is 10.2 Å². The van der Waals surface area contributed by atoms with Gasteiger partial charge in [0.05, 0.1) is 22.8 Å². The lowest BCUT2D eigenvalue weighted by Crippen LogP contribution is -2.33. The molecule has 33 heavy (non-hydrogen) atoms. The van der Waals surface area contributed by atoms with Crippen molar-refractivity contribution in [1.82, 2.24) is 35.5 Å². The van der Waals surface area contributed by atoms with Gasteiger partial charge in [0.25, 0.3) is 0 Å². The van der Waals surface area contributed by atoms with Gasteiger partial charge < -0.3 is 0 Å². The highest BCUT2D eigenvalue weighted by molar-refractivity contribution is 5.78. The number of aryl methyl sites for hydroxylation is 3. The lowest BCUT2D eigenvalue weighted by molar-refractivity contribution is 0.243. The summed E-state index contributed by atoms with van der Waals surface area (Å²) in [5, 5.41) is 14.2. The van der Waals surface area contributed by atoms with E-state index in [9.17, 15) is 0 Å². The fraction of sp³-hybridized carbons (Fsp3) is 0.346. The van der Waals surface area contributed by atoms with Crippen LogP contribution in [0, 0.1) is 13.8 Å². The van der Waals surface area contributed by atoms with E-state index in [4.69, 9.17) is 9.97 Å². The van der Waals surface area contributed by atoms with Crippen molar-refractivity contribution in [2.24, 2.45) is 0 Å². The molecule has 0 fully saturated rings. The summed E-state index contributed by atoms with van der Waals surface area (Å²) in [5.41, 5.74) is 8.90. The Morgan fingerprint density at radius 1 is 0.818 bits per heavy atom. The van der Waals surface area contributed by atoms with Crippen molar-refractivity contribution in [3.8, 4) is 22.5 Å². The topological polar surface area (TPSA) is 83.5 Å². The number of nitrogens with zero attached hydrogens (tertiary/aromatic N) is 6. The van der Waals surface area contributed by atoms with Crippen molar-refractivity contribution < 1.29 is 0 Å². The lowest BCUT2D eigenvalue weighted by atomic mass is 10.0. The average molecular weight is 440 g/mol. The Balaban J connectivity index is 1.38. The molecule has 4 aromatic rings. The first-order chi connectivity index (χ1) is 16.2. The second-order valence-electron chi connectivity index (χ2n) is 8.86. The summed E-state index contributed by atoms with van der Waals surface area (Å²) in [5.74, 6) is 0.788. The molecule has 0 bridgehead atoms. The van der Waals surface area contributed by atoms with Crippen molar-refractivity contribution in [3.05, 3.63) is 76.9 Å². The highest BCUT2D eigenvalue weighted by Gasteiger charge is 2.22. The molecule has 1 N–H and O–H groups in total. The van der Waals surface area contributed by atoms with Crippen molar-refractivity contribution in [2.75, 3.05) is 13.1 Å². The molecule has 0 unspecified atom stereocenters. The van der Waals surface area contributed by atoms with Crippen LogP contribution in [0.4, 0.5) is 0 Å². The minimum Gasteiger partial charge on any atom is -0.297 e. The van der Waals surface area contributed by atoms with E-state index in [1.165, 1.54) is 11.1 Å². The molecular formula is C26H29N7. The molecular weight excluding hydrogens is 410 g/mol. The summed E-state index contributed by atoms with van der Waals surface area (Å²) in [4.78, 5) is 12.8. The molecule has 168 valence electrons. The number of rotatable bonds is 7. The summed E-state index contributed by atoms with van der Waals surface area (Å²) in [6.45, 7) is 7.12. The monoisotopic (exact) mass is 439 g/mol. The van der Waals surface area contributed by atoms with Gasteiger partial charge in [0.15, 0.2) is 5.82 Å². The van der Waals surface area contributed by atoms with Crippen LogP contribution in [0.3, 0.4) is 0 Å². The Kier molecular flexibility index (Phi) is 6.21. The Labute approximate surface area is 194 Å². The van der Waals surface area contributed by atoms with Crippen LogP contribution in [-0.4, -0.2) is 48.6 Å². The van der Waals surface area contributed by atoms with Crippen molar-refractivity contribution in [1.29, 1.82) is 0 Å². The molecule has 0 radical (unpaired) electrons. The van der Waals surface area contributed by atoms with Gasteiger partial charge in [0.1, 0.15) is 0 Å². The van der Waals surface area contributed by atoms with Gasteiger partial charge >= 0.3 is 0 Å². The molecule has 7 heteroatoms. The van der Waals surface area contributed by atoms with Gasteiger partial charge in [-0.3, -0.25) is 4.90 Å². The molecule has 1 aliphatic rings. The highest BCUT2D eigenvalue weighted by atomic mass is 15.5. The number of unbranched alkanes of at least 4 members (excludes halogenated alkanes) is 1. The van der Waals surface area contributed by atoms with E-state index in [2.05, 4.69) is 87.9 Å². The Morgan fingerprint density at radius 3 is 2.06 bits per heavy atom. The van der Waals surface area contributed by atoms with Gasteiger partial charge in [-0.25, -0.2) is 9.97 Å². The first-order valence-corrected chi connectivity index (χ1v) is 11.6. The maximum atomic E-state index is 5.19. The minimum absolute atomic E-state index is 0.788. The number of benzene rings is 2. The molecule has 3 heterocycles. The SMILES string of the molecule is Cc1ccc(-c2nc3c(nc2-c2ccc(C)cc2)CN(CCCCc2nn[nH]n2)CC3)cc1. The van der Waals surface area contributed by atoms with Crippen LogP contribution in [-0.2, 0) is 19.4 Å². The number of hydrogen-bond acceptors (Lipinski definition) is 6. The highest BCUT2D eigenvalue weighted by Crippen LogP contribution is 2.32. The molecule has 0 saturated heterocycles. The quantitative estimate of drug-likeness (QED) is 0.432. The van der Waals surface area contributed by atoms with E-state index in [-0.39, 0.29) is 0 Å². The first-order valence-electron chi connectivity index (χ1n) is 11.6. The summed E-state index contributed by atoms with van der Waals surface area (Å²) in [6, 6.07) is 17.2. The number of nitrogens with one attached hydrogen (secondary N) is 1. The Morgan fingerprint density at radius 2 is 1.45 bits per heavy atom. The molecule has 0 atom stereocenters. The van der Waals surface area contributed by atoms with Crippen LogP contribution < -0.4 is 0 Å².